The van der Waals surface area contributed by atoms with Crippen molar-refractivity contribution in [3.8, 4) is 0 Å². The molecular formula is C12H10FIN4O2. The van der Waals surface area contributed by atoms with Gasteiger partial charge in [0.15, 0.2) is 0 Å². The number of hydrogen-bond donors (Lipinski definition) is 2. The Morgan fingerprint density at radius 2 is 2.25 bits per heavy atom. The van der Waals surface area contributed by atoms with Gasteiger partial charge in [-0.3, -0.25) is 14.2 Å². The number of rotatable bonds is 3. The normalized spacial score (nSPS) is 10.3. The molecule has 0 bridgehead atoms. The van der Waals surface area contributed by atoms with Crippen molar-refractivity contribution in [2.45, 2.75) is 6.54 Å². The lowest BCUT2D eigenvalue weighted by molar-refractivity contribution is -0.116. The summed E-state index contributed by atoms with van der Waals surface area (Å²) >= 11 is 1.83. The molecule has 0 atom stereocenters. The molecule has 0 unspecified atom stereocenters. The third-order valence-corrected chi connectivity index (χ3v) is 3.18. The van der Waals surface area contributed by atoms with Gasteiger partial charge >= 0.3 is 0 Å². The second kappa shape index (κ2) is 5.99. The maximum atomic E-state index is 13.5. The standard InChI is InChI=1S/C12H10FIN4O2/c13-8-2-1-7(15)3-10(8)17-11(19)5-18-6-16-4-9(14)12(18)20/h1-4,6H,5,15H2,(H,17,19). The molecule has 0 saturated heterocycles. The van der Waals surface area contributed by atoms with E-state index in [1.165, 1.54) is 24.7 Å². The molecule has 1 amide bonds. The molecule has 0 saturated carbocycles. The van der Waals surface area contributed by atoms with Gasteiger partial charge < -0.3 is 11.1 Å². The Kier molecular flexibility index (Phi) is 4.32. The van der Waals surface area contributed by atoms with Crippen LogP contribution >= 0.6 is 22.6 Å². The molecule has 2 rings (SSSR count). The first-order valence-corrected chi connectivity index (χ1v) is 6.60. The lowest BCUT2D eigenvalue weighted by Crippen LogP contribution is -2.29. The van der Waals surface area contributed by atoms with Crippen LogP contribution in [0.25, 0.3) is 0 Å². The summed E-state index contributed by atoms with van der Waals surface area (Å²) in [6, 6.07) is 3.85. The molecule has 0 fully saturated rings. The summed E-state index contributed by atoms with van der Waals surface area (Å²) in [4.78, 5) is 27.3. The smallest absolute Gasteiger partial charge is 0.267 e. The Labute approximate surface area is 127 Å². The summed E-state index contributed by atoms with van der Waals surface area (Å²) in [6.07, 6.45) is 2.65. The van der Waals surface area contributed by atoms with E-state index in [9.17, 15) is 14.0 Å². The number of anilines is 2. The Morgan fingerprint density at radius 1 is 1.50 bits per heavy atom. The summed E-state index contributed by atoms with van der Waals surface area (Å²) < 4.78 is 15.0. The molecule has 1 heterocycles. The van der Waals surface area contributed by atoms with Gasteiger partial charge in [-0.1, -0.05) is 0 Å². The molecular weight excluding hydrogens is 378 g/mol. The van der Waals surface area contributed by atoms with Gasteiger partial charge in [-0.25, -0.2) is 9.37 Å². The summed E-state index contributed by atoms with van der Waals surface area (Å²) in [5, 5.41) is 2.36. The number of carbonyl (C=O) groups excluding carboxylic acids is 1. The monoisotopic (exact) mass is 388 g/mol. The van der Waals surface area contributed by atoms with E-state index in [1.807, 2.05) is 22.6 Å². The number of nitrogens with zero attached hydrogens (tertiary/aromatic N) is 2. The highest BCUT2D eigenvalue weighted by molar-refractivity contribution is 14.1. The number of aromatic nitrogens is 2. The number of carbonyl (C=O) groups is 1. The highest BCUT2D eigenvalue weighted by Crippen LogP contribution is 2.17. The van der Waals surface area contributed by atoms with Gasteiger partial charge in [-0.15, -0.1) is 0 Å². The summed E-state index contributed by atoms with van der Waals surface area (Å²) in [5.74, 6) is -1.14. The van der Waals surface area contributed by atoms with Crippen molar-refractivity contribution in [2.24, 2.45) is 0 Å². The van der Waals surface area contributed by atoms with Crippen LogP contribution in [0, 0.1) is 9.39 Å². The molecule has 1 aromatic heterocycles. The predicted octanol–water partition coefficient (Wildman–Crippen LogP) is 1.21. The van der Waals surface area contributed by atoms with Gasteiger partial charge in [-0.2, -0.15) is 0 Å². The molecule has 0 spiro atoms. The van der Waals surface area contributed by atoms with E-state index in [-0.39, 0.29) is 17.8 Å². The fourth-order valence-electron chi connectivity index (χ4n) is 1.52. The molecule has 104 valence electrons. The van der Waals surface area contributed by atoms with E-state index >= 15 is 0 Å². The maximum Gasteiger partial charge on any atom is 0.267 e. The van der Waals surface area contributed by atoms with Gasteiger partial charge in [0.1, 0.15) is 12.4 Å². The number of amides is 1. The van der Waals surface area contributed by atoms with Crippen molar-refractivity contribution in [3.63, 3.8) is 0 Å². The molecule has 0 radical (unpaired) electrons. The zero-order valence-corrected chi connectivity index (χ0v) is 12.3. The van der Waals surface area contributed by atoms with Crippen LogP contribution in [0.5, 0.6) is 0 Å². The topological polar surface area (TPSA) is 90.0 Å². The van der Waals surface area contributed by atoms with E-state index < -0.39 is 11.7 Å². The summed E-state index contributed by atoms with van der Waals surface area (Å²) in [6.45, 7) is -0.253. The largest absolute Gasteiger partial charge is 0.399 e. The van der Waals surface area contributed by atoms with Crippen LogP contribution in [0.3, 0.4) is 0 Å². The zero-order chi connectivity index (χ0) is 14.7. The molecule has 2 aromatic rings. The first-order chi connectivity index (χ1) is 9.47. The second-order valence-electron chi connectivity index (χ2n) is 3.96. The minimum absolute atomic E-state index is 0.0263. The van der Waals surface area contributed by atoms with Gasteiger partial charge in [0.25, 0.3) is 5.56 Å². The molecule has 8 heteroatoms. The Balaban J connectivity index is 2.15. The average Bonchev–Trinajstić information content (AvgIpc) is 2.39. The number of nitrogens with two attached hydrogens (primary N) is 1. The third kappa shape index (κ3) is 3.32. The van der Waals surface area contributed by atoms with Crippen molar-refractivity contribution < 1.29 is 9.18 Å². The molecule has 0 aliphatic heterocycles. The number of nitrogen functional groups attached to an aromatic ring is 1. The lowest BCUT2D eigenvalue weighted by atomic mass is 10.2. The van der Waals surface area contributed by atoms with Gasteiger partial charge in [0.2, 0.25) is 5.91 Å². The molecule has 6 nitrogen and oxygen atoms in total. The van der Waals surface area contributed by atoms with Crippen molar-refractivity contribution in [1.29, 1.82) is 0 Å². The van der Waals surface area contributed by atoms with Crippen molar-refractivity contribution >= 4 is 39.9 Å². The van der Waals surface area contributed by atoms with Crippen LogP contribution in [0.4, 0.5) is 15.8 Å². The number of benzene rings is 1. The summed E-state index contributed by atoms with van der Waals surface area (Å²) in [5.41, 5.74) is 5.49. The average molecular weight is 388 g/mol. The van der Waals surface area contributed by atoms with Crippen LogP contribution < -0.4 is 16.6 Å². The highest BCUT2D eigenvalue weighted by Gasteiger charge is 2.10. The first-order valence-electron chi connectivity index (χ1n) is 5.52. The number of nitrogens with one attached hydrogen (secondary N) is 1. The molecule has 20 heavy (non-hydrogen) atoms. The van der Waals surface area contributed by atoms with Crippen molar-refractivity contribution in [3.05, 3.63) is 50.5 Å². The predicted molar refractivity (Wildman–Crippen MR) is 80.7 cm³/mol. The van der Waals surface area contributed by atoms with Crippen LogP contribution in [-0.2, 0) is 11.3 Å². The van der Waals surface area contributed by atoms with Gasteiger partial charge in [-0.05, 0) is 40.8 Å². The first kappa shape index (κ1) is 14.4. The van der Waals surface area contributed by atoms with E-state index in [0.717, 1.165) is 10.6 Å². The van der Waals surface area contributed by atoms with Crippen molar-refractivity contribution in [1.82, 2.24) is 9.55 Å². The highest BCUT2D eigenvalue weighted by atomic mass is 127. The second-order valence-corrected chi connectivity index (χ2v) is 5.12. The van der Waals surface area contributed by atoms with Crippen LogP contribution in [0.1, 0.15) is 0 Å². The van der Waals surface area contributed by atoms with E-state index in [0.29, 0.717) is 9.26 Å². The Hall–Kier alpha value is -1.97. The quantitative estimate of drug-likeness (QED) is 0.611. The third-order valence-electron chi connectivity index (χ3n) is 2.44. The van der Waals surface area contributed by atoms with Crippen LogP contribution in [-0.4, -0.2) is 15.5 Å². The van der Waals surface area contributed by atoms with E-state index in [1.54, 1.807) is 0 Å². The van der Waals surface area contributed by atoms with E-state index in [4.69, 9.17) is 5.73 Å². The van der Waals surface area contributed by atoms with Crippen molar-refractivity contribution in [2.75, 3.05) is 11.1 Å². The van der Waals surface area contributed by atoms with Gasteiger partial charge in [0.05, 0.1) is 15.6 Å². The molecule has 0 aliphatic carbocycles. The fourth-order valence-corrected chi connectivity index (χ4v) is 1.99. The maximum absolute atomic E-state index is 13.5. The van der Waals surface area contributed by atoms with E-state index in [2.05, 4.69) is 10.3 Å². The lowest BCUT2D eigenvalue weighted by Gasteiger charge is -2.08. The zero-order valence-electron chi connectivity index (χ0n) is 10.1. The number of hydrogen-bond acceptors (Lipinski definition) is 4. The SMILES string of the molecule is Nc1ccc(F)c(NC(=O)Cn2cncc(I)c2=O)c1. The fraction of sp³-hybridized carbons (Fsp3) is 0.0833. The number of halogens is 2. The Morgan fingerprint density at radius 3 is 3.00 bits per heavy atom. The minimum atomic E-state index is -0.597. The van der Waals surface area contributed by atoms with Crippen LogP contribution in [0.2, 0.25) is 0 Å². The summed E-state index contributed by atoms with van der Waals surface area (Å²) in [7, 11) is 0. The van der Waals surface area contributed by atoms with Gasteiger partial charge in [0, 0.05) is 11.9 Å². The molecule has 1 aromatic carbocycles. The molecule has 3 N–H and O–H groups in total. The Bertz CT molecular complexity index is 717. The molecule has 0 aliphatic rings. The van der Waals surface area contributed by atoms with Crippen LogP contribution in [0.15, 0.2) is 35.5 Å². The minimum Gasteiger partial charge on any atom is -0.399 e.